The van der Waals surface area contributed by atoms with E-state index < -0.39 is 10.8 Å². The first-order valence-corrected chi connectivity index (χ1v) is 14.4. The molecule has 9 nitrogen and oxygen atoms in total. The van der Waals surface area contributed by atoms with Gasteiger partial charge in [-0.05, 0) is 24.8 Å². The van der Waals surface area contributed by atoms with Crippen LogP contribution in [0.1, 0.15) is 43.9 Å². The van der Waals surface area contributed by atoms with Crippen LogP contribution in [0.2, 0.25) is 0 Å². The van der Waals surface area contributed by atoms with E-state index in [4.69, 9.17) is 9.97 Å². The molecular weight excluding hydrogens is 488 g/mol. The number of nitrogens with zero attached hydrogens (tertiary/aromatic N) is 5. The Labute approximate surface area is 221 Å². The van der Waals surface area contributed by atoms with Gasteiger partial charge in [0.1, 0.15) is 10.7 Å². The number of rotatable bonds is 6. The number of anilines is 2. The Morgan fingerprint density at radius 1 is 1.19 bits per heavy atom. The zero-order chi connectivity index (χ0) is 26.2. The highest BCUT2D eigenvalue weighted by Crippen LogP contribution is 2.38. The lowest BCUT2D eigenvalue weighted by atomic mass is 9.72. The number of carbonyl (C=O) groups is 2. The minimum absolute atomic E-state index is 0.0680. The largest absolute Gasteiger partial charge is 0.364 e. The third-order valence-electron chi connectivity index (χ3n) is 8.11. The van der Waals surface area contributed by atoms with Gasteiger partial charge in [0.05, 0.1) is 16.5 Å². The number of aromatic nitrogens is 2. The first kappa shape index (κ1) is 25.6. The number of amides is 2. The average molecular weight is 525 g/mol. The first-order valence-electron chi connectivity index (χ1n) is 13.1. The summed E-state index contributed by atoms with van der Waals surface area (Å²) in [6, 6.07) is 10.6. The number of hydrogen-bond donors (Lipinski definition) is 1. The van der Waals surface area contributed by atoms with E-state index in [0.29, 0.717) is 43.5 Å². The number of carbonyl (C=O) groups excluding carboxylic acids is 2. The Morgan fingerprint density at radius 2 is 1.92 bits per heavy atom. The molecule has 198 valence electrons. The maximum Gasteiger partial charge on any atom is 0.227 e. The maximum absolute atomic E-state index is 12.8. The molecule has 5 rings (SSSR count). The number of benzene rings is 1. The van der Waals surface area contributed by atoms with Gasteiger partial charge in [-0.1, -0.05) is 30.3 Å². The standard InChI is InChI=1S/C27H36N6O3S/c1-19(34)32(3)18-27(20-7-5-4-6-8-20)12-14-33(15-13-27)26-29-22-11-16-37(36)24(22)25(30-26)28-21-9-10-23(35)31(2)17-21/h4-8,21H,9-18H2,1-3H3,(H,28,29,30). The molecule has 1 aromatic carbocycles. The molecule has 10 heteroatoms. The molecular formula is C27H36N6O3S. The molecule has 37 heavy (non-hydrogen) atoms. The Bertz CT molecular complexity index is 1200. The molecule has 2 aromatic rings. The van der Waals surface area contributed by atoms with Gasteiger partial charge in [0.25, 0.3) is 0 Å². The highest BCUT2D eigenvalue weighted by molar-refractivity contribution is 7.85. The second-order valence-electron chi connectivity index (χ2n) is 10.6. The Morgan fingerprint density at radius 3 is 2.59 bits per heavy atom. The van der Waals surface area contributed by atoms with Gasteiger partial charge in [-0.15, -0.1) is 0 Å². The fourth-order valence-electron chi connectivity index (χ4n) is 5.78. The summed E-state index contributed by atoms with van der Waals surface area (Å²) in [6.07, 6.45) is 3.66. The van der Waals surface area contributed by atoms with E-state index in [1.165, 1.54) is 5.56 Å². The second kappa shape index (κ2) is 10.4. The van der Waals surface area contributed by atoms with Crippen LogP contribution >= 0.6 is 0 Å². The van der Waals surface area contributed by atoms with Crippen LogP contribution in [0.4, 0.5) is 11.8 Å². The van der Waals surface area contributed by atoms with E-state index in [1.54, 1.807) is 11.8 Å². The van der Waals surface area contributed by atoms with Crippen LogP contribution in [0, 0.1) is 0 Å². The monoisotopic (exact) mass is 524 g/mol. The van der Waals surface area contributed by atoms with Gasteiger partial charge >= 0.3 is 0 Å². The number of nitrogens with one attached hydrogen (secondary N) is 1. The number of likely N-dealkylation sites (tertiary alicyclic amines) is 1. The summed E-state index contributed by atoms with van der Waals surface area (Å²) < 4.78 is 12.8. The van der Waals surface area contributed by atoms with Crippen molar-refractivity contribution >= 4 is 34.4 Å². The van der Waals surface area contributed by atoms with Crippen molar-refractivity contribution in [3.63, 3.8) is 0 Å². The molecule has 2 unspecified atom stereocenters. The quantitative estimate of drug-likeness (QED) is 0.619. The molecule has 2 amide bonds. The van der Waals surface area contributed by atoms with Crippen molar-refractivity contribution in [3.05, 3.63) is 41.6 Å². The van der Waals surface area contributed by atoms with Gasteiger partial charge in [-0.2, -0.15) is 4.98 Å². The lowest BCUT2D eigenvalue weighted by Crippen LogP contribution is -2.49. The molecule has 0 bridgehead atoms. The molecule has 0 radical (unpaired) electrons. The molecule has 1 N–H and O–H groups in total. The fraction of sp³-hybridized carbons (Fsp3) is 0.556. The molecule has 4 heterocycles. The van der Waals surface area contributed by atoms with Crippen molar-refractivity contribution in [2.45, 2.75) is 55.4 Å². The molecule has 1 aromatic heterocycles. The van der Waals surface area contributed by atoms with Crippen molar-refractivity contribution in [2.24, 2.45) is 0 Å². The highest BCUT2D eigenvalue weighted by Gasteiger charge is 2.39. The Balaban J connectivity index is 1.39. The van der Waals surface area contributed by atoms with Crippen molar-refractivity contribution in [2.75, 3.05) is 56.2 Å². The van der Waals surface area contributed by atoms with Gasteiger partial charge in [-0.3, -0.25) is 13.8 Å². The third-order valence-corrected chi connectivity index (χ3v) is 9.57. The van der Waals surface area contributed by atoms with Gasteiger partial charge in [-0.25, -0.2) is 4.98 Å². The molecule has 0 aliphatic carbocycles. The predicted molar refractivity (Wildman–Crippen MR) is 144 cm³/mol. The molecule has 3 aliphatic rings. The maximum atomic E-state index is 12.8. The highest BCUT2D eigenvalue weighted by atomic mass is 32.2. The summed E-state index contributed by atoms with van der Waals surface area (Å²) >= 11 is 0. The van der Waals surface area contributed by atoms with Gasteiger partial charge < -0.3 is 20.0 Å². The Kier molecular flexibility index (Phi) is 7.20. The minimum Gasteiger partial charge on any atom is -0.364 e. The van der Waals surface area contributed by atoms with Crippen molar-refractivity contribution in [1.82, 2.24) is 19.8 Å². The van der Waals surface area contributed by atoms with Crippen LogP contribution < -0.4 is 10.2 Å². The Hall–Kier alpha value is -3.01. The second-order valence-corrected chi connectivity index (χ2v) is 12.1. The predicted octanol–water partition coefficient (Wildman–Crippen LogP) is 2.19. The van der Waals surface area contributed by atoms with E-state index in [1.807, 2.05) is 25.1 Å². The van der Waals surface area contributed by atoms with Crippen LogP contribution in [0.3, 0.4) is 0 Å². The lowest BCUT2D eigenvalue weighted by molar-refractivity contribution is -0.132. The molecule has 0 spiro atoms. The number of aryl methyl sites for hydroxylation is 1. The number of fused-ring (bicyclic) bond motifs is 1. The molecule has 2 atom stereocenters. The topological polar surface area (TPSA) is 98.7 Å². The van der Waals surface area contributed by atoms with E-state index in [2.05, 4.69) is 34.5 Å². The van der Waals surface area contributed by atoms with Gasteiger partial charge in [0.2, 0.25) is 17.8 Å². The van der Waals surface area contributed by atoms with Gasteiger partial charge in [0.15, 0.2) is 0 Å². The summed E-state index contributed by atoms with van der Waals surface area (Å²) in [5, 5.41) is 3.51. The normalized spacial score (nSPS) is 23.1. The molecule has 2 fully saturated rings. The summed E-state index contributed by atoms with van der Waals surface area (Å²) in [4.78, 5) is 40.3. The first-order chi connectivity index (χ1) is 17.8. The number of hydrogen-bond acceptors (Lipinski definition) is 7. The van der Waals surface area contributed by atoms with Crippen LogP contribution in [0.5, 0.6) is 0 Å². The van der Waals surface area contributed by atoms with E-state index in [9.17, 15) is 13.8 Å². The SMILES string of the molecule is CC(=O)N(C)CC1(c2ccccc2)CCN(c2nc3c(c(NC4CCC(=O)N(C)C4)n2)S(=O)CC3)CC1. The summed E-state index contributed by atoms with van der Waals surface area (Å²) in [5.74, 6) is 2.11. The van der Waals surface area contributed by atoms with Crippen molar-refractivity contribution in [3.8, 4) is 0 Å². The molecule has 3 aliphatic heterocycles. The molecule has 0 saturated carbocycles. The van der Waals surface area contributed by atoms with Crippen LogP contribution in [0.15, 0.2) is 35.2 Å². The molecule has 2 saturated heterocycles. The van der Waals surface area contributed by atoms with Crippen LogP contribution in [-0.4, -0.2) is 87.9 Å². The van der Waals surface area contributed by atoms with Crippen LogP contribution in [-0.2, 0) is 32.2 Å². The lowest BCUT2D eigenvalue weighted by Gasteiger charge is -2.44. The summed E-state index contributed by atoms with van der Waals surface area (Å²) in [7, 11) is 2.58. The van der Waals surface area contributed by atoms with Crippen molar-refractivity contribution < 1.29 is 13.8 Å². The smallest absolute Gasteiger partial charge is 0.227 e. The van der Waals surface area contributed by atoms with E-state index >= 15 is 0 Å². The zero-order valence-corrected chi connectivity index (χ0v) is 22.7. The number of likely N-dealkylation sites (N-methyl/N-ethyl adjacent to an activating group) is 2. The third kappa shape index (κ3) is 5.21. The van der Waals surface area contributed by atoms with Crippen molar-refractivity contribution in [1.29, 1.82) is 0 Å². The van der Waals surface area contributed by atoms with Gasteiger partial charge in [0, 0.05) is 77.2 Å². The van der Waals surface area contributed by atoms with E-state index in [0.717, 1.165) is 42.9 Å². The number of piperidine rings is 2. The van der Waals surface area contributed by atoms with E-state index in [-0.39, 0.29) is 23.3 Å². The van der Waals surface area contributed by atoms with Crippen LogP contribution in [0.25, 0.3) is 0 Å². The fourth-order valence-corrected chi connectivity index (χ4v) is 7.09. The summed E-state index contributed by atoms with van der Waals surface area (Å²) in [6.45, 7) is 4.42. The zero-order valence-electron chi connectivity index (χ0n) is 21.9. The minimum atomic E-state index is -1.12. The summed E-state index contributed by atoms with van der Waals surface area (Å²) in [5.41, 5.74) is 1.99. The average Bonchev–Trinajstić information content (AvgIpc) is 3.28.